The average Bonchev–Trinajstić information content (AvgIpc) is 2.83. The zero-order valence-electron chi connectivity index (χ0n) is 19.1. The molecule has 3 heterocycles. The quantitative estimate of drug-likeness (QED) is 0.766. The Kier molecular flexibility index (Phi) is 7.89. The van der Waals surface area contributed by atoms with Crippen LogP contribution < -0.4 is 4.74 Å². The molecule has 1 aromatic rings. The Balaban J connectivity index is 1.48. The molecule has 4 aliphatic rings. The lowest BCUT2D eigenvalue weighted by molar-refractivity contribution is -0.137. The lowest BCUT2D eigenvalue weighted by Gasteiger charge is -2.41. The molecule has 31 heavy (non-hydrogen) atoms. The highest BCUT2D eigenvalue weighted by atomic mass is 16.5. The normalized spacial score (nSPS) is 28.8. The molecule has 5 nitrogen and oxygen atoms in total. The highest BCUT2D eigenvalue weighted by molar-refractivity contribution is 5.78. The number of hydrogen-bond acceptors (Lipinski definition) is 4. The third-order valence-corrected chi connectivity index (χ3v) is 7.89. The Morgan fingerprint density at radius 1 is 0.968 bits per heavy atom. The Hall–Kier alpha value is -1.59. The van der Waals surface area contributed by atoms with Gasteiger partial charge in [0.05, 0.1) is 6.54 Å². The Morgan fingerprint density at radius 3 is 2.52 bits per heavy atom. The van der Waals surface area contributed by atoms with Crippen LogP contribution in [0.5, 0.6) is 5.75 Å². The number of aliphatic hydroxyl groups excluding tert-OH is 1. The van der Waals surface area contributed by atoms with Crippen LogP contribution in [0.25, 0.3) is 0 Å². The Bertz CT molecular complexity index is 708. The molecule has 3 aliphatic heterocycles. The van der Waals surface area contributed by atoms with Gasteiger partial charge in [-0.2, -0.15) is 0 Å². The molecule has 5 rings (SSSR count). The summed E-state index contributed by atoms with van der Waals surface area (Å²) in [7, 11) is 0. The number of piperidine rings is 1. The summed E-state index contributed by atoms with van der Waals surface area (Å²) in [6, 6.07) is 8.33. The number of fused-ring (bicyclic) bond motifs is 9. The maximum atomic E-state index is 13.3. The maximum absolute atomic E-state index is 13.3. The second kappa shape index (κ2) is 10.8. The number of benzene rings is 1. The Labute approximate surface area is 187 Å². The number of carbonyl (C=O) groups excluding carboxylic acids is 1. The van der Waals surface area contributed by atoms with Crippen molar-refractivity contribution in [1.29, 1.82) is 0 Å². The molecular weight excluding hydrogens is 388 g/mol. The third-order valence-electron chi connectivity index (χ3n) is 7.89. The first-order valence-corrected chi connectivity index (χ1v) is 12.5. The topological polar surface area (TPSA) is 53.0 Å². The summed E-state index contributed by atoms with van der Waals surface area (Å²) in [5.41, 5.74) is 1.28. The van der Waals surface area contributed by atoms with Crippen LogP contribution in [0.4, 0.5) is 0 Å². The van der Waals surface area contributed by atoms with Crippen LogP contribution in [0.3, 0.4) is 0 Å². The zero-order chi connectivity index (χ0) is 21.5. The summed E-state index contributed by atoms with van der Waals surface area (Å²) >= 11 is 0. The number of rotatable bonds is 2. The summed E-state index contributed by atoms with van der Waals surface area (Å²) in [5.74, 6) is 1.49. The molecule has 5 heteroatoms. The fourth-order valence-electron chi connectivity index (χ4n) is 5.70. The highest BCUT2D eigenvalue weighted by Gasteiger charge is 2.34. The van der Waals surface area contributed by atoms with Gasteiger partial charge in [0.1, 0.15) is 12.4 Å². The molecule has 172 valence electrons. The predicted molar refractivity (Wildman–Crippen MR) is 123 cm³/mol. The van der Waals surface area contributed by atoms with Gasteiger partial charge in [0.15, 0.2) is 0 Å². The first kappa shape index (κ1) is 22.6. The largest absolute Gasteiger partial charge is 0.491 e. The molecule has 0 radical (unpaired) electrons. The summed E-state index contributed by atoms with van der Waals surface area (Å²) in [5, 5.41) is 10.2. The van der Waals surface area contributed by atoms with Crippen molar-refractivity contribution in [3.8, 4) is 5.75 Å². The van der Waals surface area contributed by atoms with Crippen LogP contribution in [0.2, 0.25) is 0 Å². The van der Waals surface area contributed by atoms with Gasteiger partial charge in [-0.1, -0.05) is 43.9 Å². The van der Waals surface area contributed by atoms with Crippen LogP contribution in [0.15, 0.2) is 24.3 Å². The SMILES string of the molecule is O=C(C1CCCCC1)N1CCCCC2(CO)CCN(CC2)Cc2ccccc2OCC1. The standard InChI is InChI=1S/C26H40N2O3/c29-21-26-12-6-7-15-28(25(30)22-8-2-1-3-9-22)18-19-31-24-11-5-4-10-23(24)20-27(16-13-26)17-14-26/h4-5,10-11,22,29H,1-3,6-9,12-21H2. The number of ether oxygens (including phenoxy) is 1. The van der Waals surface area contributed by atoms with Gasteiger partial charge >= 0.3 is 0 Å². The van der Waals surface area contributed by atoms with Gasteiger partial charge < -0.3 is 14.7 Å². The van der Waals surface area contributed by atoms with Gasteiger partial charge in [-0.3, -0.25) is 9.69 Å². The van der Waals surface area contributed by atoms with E-state index in [0.717, 1.165) is 76.9 Å². The highest BCUT2D eigenvalue weighted by Crippen LogP contribution is 2.37. The van der Waals surface area contributed by atoms with Gasteiger partial charge in [0, 0.05) is 31.2 Å². The van der Waals surface area contributed by atoms with Crippen molar-refractivity contribution >= 4 is 5.91 Å². The van der Waals surface area contributed by atoms with E-state index in [9.17, 15) is 9.90 Å². The van der Waals surface area contributed by atoms with E-state index in [1.54, 1.807) is 0 Å². The van der Waals surface area contributed by atoms with Crippen LogP contribution in [0.1, 0.15) is 69.8 Å². The van der Waals surface area contributed by atoms with Crippen molar-refractivity contribution in [2.45, 2.75) is 70.8 Å². The first-order valence-electron chi connectivity index (χ1n) is 12.5. The molecule has 0 spiro atoms. The van der Waals surface area contributed by atoms with Crippen molar-refractivity contribution < 1.29 is 14.6 Å². The van der Waals surface area contributed by atoms with Crippen LogP contribution in [-0.2, 0) is 11.3 Å². The van der Waals surface area contributed by atoms with Crippen LogP contribution in [-0.4, -0.2) is 60.2 Å². The van der Waals surface area contributed by atoms with E-state index in [4.69, 9.17) is 4.74 Å². The maximum Gasteiger partial charge on any atom is 0.225 e. The van der Waals surface area contributed by atoms with Gasteiger partial charge in [-0.05, 0) is 63.1 Å². The monoisotopic (exact) mass is 428 g/mol. The number of hydrogen-bond donors (Lipinski definition) is 1. The van der Waals surface area contributed by atoms with E-state index in [-0.39, 0.29) is 17.9 Å². The lowest BCUT2D eigenvalue weighted by atomic mass is 9.75. The third kappa shape index (κ3) is 5.81. The molecular formula is C26H40N2O3. The fraction of sp³-hybridized carbons (Fsp3) is 0.731. The average molecular weight is 429 g/mol. The van der Waals surface area contributed by atoms with Crippen LogP contribution in [0, 0.1) is 11.3 Å². The lowest BCUT2D eigenvalue weighted by Crippen LogP contribution is -2.42. The molecule has 0 aromatic heterocycles. The van der Waals surface area contributed by atoms with Crippen molar-refractivity contribution in [2.75, 3.05) is 39.4 Å². The fourth-order valence-corrected chi connectivity index (χ4v) is 5.70. The summed E-state index contributed by atoms with van der Waals surface area (Å²) in [6.07, 6.45) is 11.0. The van der Waals surface area contributed by atoms with Gasteiger partial charge in [-0.25, -0.2) is 0 Å². The molecule has 1 amide bonds. The molecule has 1 N–H and O–H groups in total. The molecule has 1 saturated heterocycles. The van der Waals surface area contributed by atoms with E-state index in [1.165, 1.54) is 24.8 Å². The molecule has 0 unspecified atom stereocenters. The van der Waals surface area contributed by atoms with E-state index in [1.807, 2.05) is 6.07 Å². The van der Waals surface area contributed by atoms with E-state index >= 15 is 0 Å². The van der Waals surface area contributed by atoms with Gasteiger partial charge in [-0.15, -0.1) is 0 Å². The summed E-state index contributed by atoms with van der Waals surface area (Å²) in [4.78, 5) is 17.8. The summed E-state index contributed by atoms with van der Waals surface area (Å²) < 4.78 is 6.22. The molecule has 1 aliphatic carbocycles. The smallest absolute Gasteiger partial charge is 0.225 e. The van der Waals surface area contributed by atoms with Crippen molar-refractivity contribution in [1.82, 2.24) is 9.80 Å². The minimum absolute atomic E-state index is 0.0604. The molecule has 2 bridgehead atoms. The van der Waals surface area contributed by atoms with Crippen molar-refractivity contribution in [2.24, 2.45) is 11.3 Å². The Morgan fingerprint density at radius 2 is 1.74 bits per heavy atom. The number of aliphatic hydroxyl groups is 1. The summed E-state index contributed by atoms with van der Waals surface area (Å²) in [6.45, 7) is 5.26. The predicted octanol–water partition coefficient (Wildman–Crippen LogP) is 4.23. The minimum atomic E-state index is 0.0604. The van der Waals surface area contributed by atoms with Gasteiger partial charge in [0.25, 0.3) is 0 Å². The number of para-hydroxylation sites is 1. The van der Waals surface area contributed by atoms with E-state index in [0.29, 0.717) is 19.1 Å². The van der Waals surface area contributed by atoms with Gasteiger partial charge in [0.2, 0.25) is 5.91 Å². The molecule has 1 aromatic carbocycles. The minimum Gasteiger partial charge on any atom is -0.491 e. The second-order valence-electron chi connectivity index (χ2n) is 10.0. The van der Waals surface area contributed by atoms with Crippen molar-refractivity contribution in [3.63, 3.8) is 0 Å². The van der Waals surface area contributed by atoms with E-state index < -0.39 is 0 Å². The molecule has 2 fully saturated rings. The number of amides is 1. The van der Waals surface area contributed by atoms with Crippen LogP contribution >= 0.6 is 0 Å². The van der Waals surface area contributed by atoms with E-state index in [2.05, 4.69) is 28.0 Å². The number of carbonyl (C=O) groups is 1. The van der Waals surface area contributed by atoms with Crippen molar-refractivity contribution in [3.05, 3.63) is 29.8 Å². The second-order valence-corrected chi connectivity index (χ2v) is 10.0. The zero-order valence-corrected chi connectivity index (χ0v) is 19.1. The molecule has 1 saturated carbocycles. The number of nitrogens with zero attached hydrogens (tertiary/aromatic N) is 2. The first-order chi connectivity index (χ1) is 15.2. The molecule has 0 atom stereocenters.